The average Bonchev–Trinajstić information content (AvgIpc) is 2.36. The molecule has 0 radical (unpaired) electrons. The molecule has 2 N–H and O–H groups in total. The van der Waals surface area contributed by atoms with Crippen molar-refractivity contribution in [1.82, 2.24) is 10.2 Å². The Morgan fingerprint density at radius 1 is 1.26 bits per heavy atom. The second kappa shape index (κ2) is 7.61. The number of hydrogen-bond donors (Lipinski definition) is 2. The molecule has 0 aromatic carbocycles. The molecular formula is C16H34N2O. The molecule has 3 heteroatoms. The summed E-state index contributed by atoms with van der Waals surface area (Å²) in [7, 11) is 0. The minimum Gasteiger partial charge on any atom is -0.393 e. The Morgan fingerprint density at radius 3 is 2.32 bits per heavy atom. The third kappa shape index (κ3) is 5.41. The summed E-state index contributed by atoms with van der Waals surface area (Å²) in [5.74, 6) is 0.509. The van der Waals surface area contributed by atoms with Crippen LogP contribution in [0.1, 0.15) is 53.9 Å². The molecule has 0 aliphatic carbocycles. The summed E-state index contributed by atoms with van der Waals surface area (Å²) in [6.07, 6.45) is 3.34. The summed E-state index contributed by atoms with van der Waals surface area (Å²) in [6.45, 7) is 15.7. The molecule has 0 spiro atoms. The normalized spacial score (nSPS) is 22.4. The van der Waals surface area contributed by atoms with Gasteiger partial charge in [-0.3, -0.25) is 0 Å². The zero-order valence-electron chi connectivity index (χ0n) is 13.6. The zero-order valence-corrected chi connectivity index (χ0v) is 13.6. The van der Waals surface area contributed by atoms with E-state index in [1.807, 2.05) is 6.92 Å². The van der Waals surface area contributed by atoms with Crippen LogP contribution >= 0.6 is 0 Å². The second-order valence-corrected chi connectivity index (χ2v) is 7.02. The van der Waals surface area contributed by atoms with Crippen molar-refractivity contribution in [2.24, 2.45) is 11.3 Å². The van der Waals surface area contributed by atoms with Crippen LogP contribution in [0.25, 0.3) is 0 Å². The molecule has 1 fully saturated rings. The van der Waals surface area contributed by atoms with Crippen molar-refractivity contribution >= 4 is 0 Å². The predicted octanol–water partition coefficient (Wildman–Crippen LogP) is 2.49. The molecule has 0 amide bonds. The number of nitrogens with zero attached hydrogens (tertiary/aromatic N) is 1. The maximum Gasteiger partial charge on any atom is 0.0541 e. The molecule has 1 heterocycles. The lowest BCUT2D eigenvalue weighted by Crippen LogP contribution is -2.49. The molecule has 0 aromatic rings. The van der Waals surface area contributed by atoms with Crippen LogP contribution in [0, 0.1) is 11.3 Å². The number of aliphatic hydroxyl groups excluding tert-OH is 1. The minimum absolute atomic E-state index is 0.139. The van der Waals surface area contributed by atoms with Crippen LogP contribution in [0.5, 0.6) is 0 Å². The van der Waals surface area contributed by atoms with E-state index in [2.05, 4.69) is 37.9 Å². The molecule has 1 saturated heterocycles. The molecule has 1 rings (SSSR count). The summed E-state index contributed by atoms with van der Waals surface area (Å²) in [5, 5.41) is 13.3. The Morgan fingerprint density at radius 2 is 1.84 bits per heavy atom. The lowest BCUT2D eigenvalue weighted by atomic mass is 9.83. The summed E-state index contributed by atoms with van der Waals surface area (Å²) >= 11 is 0. The van der Waals surface area contributed by atoms with Crippen molar-refractivity contribution in [3.63, 3.8) is 0 Å². The highest BCUT2D eigenvalue weighted by atomic mass is 16.3. The van der Waals surface area contributed by atoms with Crippen LogP contribution in [0.15, 0.2) is 0 Å². The molecule has 0 saturated carbocycles. The molecule has 0 aromatic heterocycles. The van der Waals surface area contributed by atoms with E-state index < -0.39 is 0 Å². The molecule has 2 atom stereocenters. The van der Waals surface area contributed by atoms with Crippen LogP contribution in [0.4, 0.5) is 0 Å². The molecule has 2 unspecified atom stereocenters. The Balaban J connectivity index is 2.38. The van der Waals surface area contributed by atoms with Crippen LogP contribution < -0.4 is 5.32 Å². The summed E-state index contributed by atoms with van der Waals surface area (Å²) < 4.78 is 0. The molecule has 114 valence electrons. The van der Waals surface area contributed by atoms with Gasteiger partial charge in [0, 0.05) is 12.6 Å². The van der Waals surface area contributed by atoms with E-state index in [9.17, 15) is 5.11 Å². The van der Waals surface area contributed by atoms with Gasteiger partial charge >= 0.3 is 0 Å². The molecule has 3 nitrogen and oxygen atoms in total. The van der Waals surface area contributed by atoms with Crippen LogP contribution in [0.2, 0.25) is 0 Å². The first-order valence-electron chi connectivity index (χ1n) is 8.00. The van der Waals surface area contributed by atoms with E-state index in [-0.39, 0.29) is 6.10 Å². The first kappa shape index (κ1) is 16.9. The lowest BCUT2D eigenvalue weighted by Gasteiger charge is -2.41. The molecule has 1 aliphatic rings. The first-order valence-corrected chi connectivity index (χ1v) is 8.00. The number of likely N-dealkylation sites (tertiary alicyclic amines) is 1. The number of piperidine rings is 1. The van der Waals surface area contributed by atoms with E-state index in [0.29, 0.717) is 17.4 Å². The summed E-state index contributed by atoms with van der Waals surface area (Å²) in [5.41, 5.74) is 0.298. The molecule has 19 heavy (non-hydrogen) atoms. The minimum atomic E-state index is -0.139. The predicted molar refractivity (Wildman–Crippen MR) is 82.4 cm³/mol. The Labute approximate surface area is 119 Å². The Hall–Kier alpha value is -0.120. The van der Waals surface area contributed by atoms with Crippen LogP contribution in [-0.2, 0) is 0 Å². The quantitative estimate of drug-likeness (QED) is 0.746. The van der Waals surface area contributed by atoms with Gasteiger partial charge in [-0.25, -0.2) is 0 Å². The van der Waals surface area contributed by atoms with E-state index in [0.717, 1.165) is 39.0 Å². The van der Waals surface area contributed by atoms with Crippen molar-refractivity contribution in [2.45, 2.75) is 66.0 Å². The molecular weight excluding hydrogens is 236 g/mol. The van der Waals surface area contributed by atoms with Gasteiger partial charge in [0.15, 0.2) is 0 Å². The van der Waals surface area contributed by atoms with Gasteiger partial charge in [-0.1, -0.05) is 20.8 Å². The van der Waals surface area contributed by atoms with E-state index in [1.165, 1.54) is 6.42 Å². The Bertz CT molecular complexity index is 245. The first-order chi connectivity index (χ1) is 8.86. The fourth-order valence-corrected chi connectivity index (χ4v) is 2.94. The zero-order chi connectivity index (χ0) is 14.5. The van der Waals surface area contributed by atoms with Gasteiger partial charge in [-0.15, -0.1) is 0 Å². The highest BCUT2D eigenvalue weighted by Gasteiger charge is 2.30. The van der Waals surface area contributed by atoms with Crippen molar-refractivity contribution in [2.75, 3.05) is 26.2 Å². The monoisotopic (exact) mass is 270 g/mol. The molecule has 1 aliphatic heterocycles. The topological polar surface area (TPSA) is 35.5 Å². The summed E-state index contributed by atoms with van der Waals surface area (Å²) in [6, 6.07) is 0.543. The van der Waals surface area contributed by atoms with Crippen molar-refractivity contribution in [1.29, 1.82) is 0 Å². The number of hydrogen-bond acceptors (Lipinski definition) is 3. The maximum absolute atomic E-state index is 9.65. The summed E-state index contributed by atoms with van der Waals surface area (Å²) in [4.78, 5) is 2.57. The SMILES string of the molecule is CCCNC(C)C(C)(C)CN1CCC(C(C)O)CC1. The highest BCUT2D eigenvalue weighted by Crippen LogP contribution is 2.26. The van der Waals surface area contributed by atoms with Crippen molar-refractivity contribution in [3.8, 4) is 0 Å². The van der Waals surface area contributed by atoms with Crippen molar-refractivity contribution < 1.29 is 5.11 Å². The van der Waals surface area contributed by atoms with Crippen LogP contribution in [0.3, 0.4) is 0 Å². The highest BCUT2D eigenvalue weighted by molar-refractivity contribution is 4.86. The van der Waals surface area contributed by atoms with Crippen LogP contribution in [-0.4, -0.2) is 48.3 Å². The van der Waals surface area contributed by atoms with Gasteiger partial charge in [0.2, 0.25) is 0 Å². The third-order valence-corrected chi connectivity index (χ3v) is 4.82. The van der Waals surface area contributed by atoms with Gasteiger partial charge in [0.25, 0.3) is 0 Å². The smallest absolute Gasteiger partial charge is 0.0541 e. The molecule has 0 bridgehead atoms. The van der Waals surface area contributed by atoms with Gasteiger partial charge in [0.1, 0.15) is 0 Å². The standard InChI is InChI=1S/C16H34N2O/c1-6-9-17-14(3)16(4,5)12-18-10-7-15(8-11-18)13(2)19/h13-15,17,19H,6-12H2,1-5H3. The van der Waals surface area contributed by atoms with Gasteiger partial charge in [0.05, 0.1) is 6.10 Å². The van der Waals surface area contributed by atoms with E-state index in [4.69, 9.17) is 0 Å². The maximum atomic E-state index is 9.65. The Kier molecular flexibility index (Phi) is 6.78. The third-order valence-electron chi connectivity index (χ3n) is 4.82. The van der Waals surface area contributed by atoms with Gasteiger partial charge < -0.3 is 15.3 Å². The number of nitrogens with one attached hydrogen (secondary N) is 1. The lowest BCUT2D eigenvalue weighted by molar-refractivity contribution is 0.0523. The average molecular weight is 270 g/mol. The van der Waals surface area contributed by atoms with E-state index >= 15 is 0 Å². The van der Waals surface area contributed by atoms with Gasteiger partial charge in [-0.05, 0) is 64.1 Å². The number of rotatable bonds is 7. The fourth-order valence-electron chi connectivity index (χ4n) is 2.94. The van der Waals surface area contributed by atoms with Crippen molar-refractivity contribution in [3.05, 3.63) is 0 Å². The van der Waals surface area contributed by atoms with E-state index in [1.54, 1.807) is 0 Å². The fraction of sp³-hybridized carbons (Fsp3) is 1.00. The number of aliphatic hydroxyl groups is 1. The largest absolute Gasteiger partial charge is 0.393 e. The van der Waals surface area contributed by atoms with Gasteiger partial charge in [-0.2, -0.15) is 0 Å². The second-order valence-electron chi connectivity index (χ2n) is 7.02.